The Labute approximate surface area is 76.8 Å². The molecule has 0 radical (unpaired) electrons. The van der Waals surface area contributed by atoms with Crippen molar-refractivity contribution in [3.63, 3.8) is 0 Å². The van der Waals surface area contributed by atoms with Crippen LogP contribution >= 0.6 is 0 Å². The second-order valence-corrected chi connectivity index (χ2v) is 3.87. The standard InChI is InChI=1S/C9H18.C2H3N/c1-8(2)9-6-4-3-5-7-9;1-2-3/h8-9H,3-7H2,1-2H3;1H3. The molecule has 0 bridgehead atoms. The summed E-state index contributed by atoms with van der Waals surface area (Å²) in [5.74, 6) is 1.99. The van der Waals surface area contributed by atoms with Gasteiger partial charge in [0.15, 0.2) is 0 Å². The van der Waals surface area contributed by atoms with E-state index in [-0.39, 0.29) is 0 Å². The lowest BCUT2D eigenvalue weighted by Gasteiger charge is -2.24. The molecule has 0 aliphatic heterocycles. The molecule has 0 aromatic carbocycles. The Balaban J connectivity index is 0.000000354. The molecule has 0 unspecified atom stereocenters. The Bertz CT molecular complexity index is 126. The zero-order chi connectivity index (χ0) is 9.40. The van der Waals surface area contributed by atoms with E-state index in [2.05, 4.69) is 13.8 Å². The van der Waals surface area contributed by atoms with Crippen LogP contribution in [0.2, 0.25) is 0 Å². The maximum Gasteiger partial charge on any atom is 0.0587 e. The molecular formula is C11H21N. The Morgan fingerprint density at radius 1 is 1.17 bits per heavy atom. The van der Waals surface area contributed by atoms with Gasteiger partial charge in [-0.05, 0) is 11.8 Å². The minimum absolute atomic E-state index is 0.935. The first-order valence-electron chi connectivity index (χ1n) is 5.03. The molecule has 1 aliphatic carbocycles. The molecule has 0 N–H and O–H groups in total. The zero-order valence-electron chi connectivity index (χ0n) is 8.64. The second-order valence-electron chi connectivity index (χ2n) is 3.87. The SMILES string of the molecule is CC#N.CC(C)C1CCCCC1. The molecule has 0 spiro atoms. The highest BCUT2D eigenvalue weighted by molar-refractivity contribution is 4.67. The lowest BCUT2D eigenvalue weighted by molar-refractivity contribution is 0.279. The zero-order valence-corrected chi connectivity index (χ0v) is 8.64. The highest BCUT2D eigenvalue weighted by Crippen LogP contribution is 2.29. The first-order chi connectivity index (χ1) is 5.72. The fraction of sp³-hybridized carbons (Fsp3) is 0.909. The monoisotopic (exact) mass is 167 g/mol. The highest BCUT2D eigenvalue weighted by Gasteiger charge is 2.15. The van der Waals surface area contributed by atoms with Crippen LogP contribution in [0.15, 0.2) is 0 Å². The van der Waals surface area contributed by atoms with Crippen molar-refractivity contribution in [2.24, 2.45) is 11.8 Å². The highest BCUT2D eigenvalue weighted by atomic mass is 14.2. The lowest BCUT2D eigenvalue weighted by Crippen LogP contribution is -2.12. The molecule has 12 heavy (non-hydrogen) atoms. The van der Waals surface area contributed by atoms with Gasteiger partial charge in [-0.3, -0.25) is 0 Å². The summed E-state index contributed by atoms with van der Waals surface area (Å²) in [7, 11) is 0. The van der Waals surface area contributed by atoms with Crippen molar-refractivity contribution in [1.82, 2.24) is 0 Å². The van der Waals surface area contributed by atoms with Crippen LogP contribution in [0.3, 0.4) is 0 Å². The van der Waals surface area contributed by atoms with Gasteiger partial charge in [0.25, 0.3) is 0 Å². The fourth-order valence-corrected chi connectivity index (χ4v) is 1.80. The van der Waals surface area contributed by atoms with Crippen LogP contribution in [0, 0.1) is 23.2 Å². The summed E-state index contributed by atoms with van der Waals surface area (Å²) in [6, 6.07) is 1.75. The minimum Gasteiger partial charge on any atom is -0.199 e. The second kappa shape index (κ2) is 7.16. The van der Waals surface area contributed by atoms with Crippen LogP contribution < -0.4 is 0 Å². The van der Waals surface area contributed by atoms with Gasteiger partial charge in [-0.25, -0.2) is 0 Å². The largest absolute Gasteiger partial charge is 0.199 e. The number of rotatable bonds is 1. The third-order valence-electron chi connectivity index (χ3n) is 2.59. The normalized spacial score (nSPS) is 17.9. The molecule has 70 valence electrons. The van der Waals surface area contributed by atoms with E-state index < -0.39 is 0 Å². The Morgan fingerprint density at radius 3 is 1.83 bits per heavy atom. The summed E-state index contributed by atoms with van der Waals surface area (Å²) in [5, 5.41) is 7.32. The summed E-state index contributed by atoms with van der Waals surface area (Å²) >= 11 is 0. The summed E-state index contributed by atoms with van der Waals surface area (Å²) < 4.78 is 0. The Kier molecular flexibility index (Phi) is 6.85. The Hall–Kier alpha value is -0.510. The number of nitriles is 1. The van der Waals surface area contributed by atoms with Gasteiger partial charge < -0.3 is 0 Å². The topological polar surface area (TPSA) is 23.8 Å². The van der Waals surface area contributed by atoms with Crippen molar-refractivity contribution < 1.29 is 0 Å². The molecule has 0 aromatic heterocycles. The molecule has 1 aliphatic rings. The molecule has 1 nitrogen and oxygen atoms in total. The van der Waals surface area contributed by atoms with Gasteiger partial charge in [-0.2, -0.15) is 5.26 Å². The molecule has 0 aromatic rings. The lowest BCUT2D eigenvalue weighted by atomic mass is 9.82. The van der Waals surface area contributed by atoms with Crippen LogP contribution in [-0.2, 0) is 0 Å². The van der Waals surface area contributed by atoms with Gasteiger partial charge in [0.1, 0.15) is 0 Å². The van der Waals surface area contributed by atoms with E-state index >= 15 is 0 Å². The van der Waals surface area contributed by atoms with E-state index in [4.69, 9.17) is 5.26 Å². The molecule has 1 fully saturated rings. The molecule has 0 amide bonds. The molecule has 0 atom stereocenters. The van der Waals surface area contributed by atoms with Crippen molar-refractivity contribution in [2.75, 3.05) is 0 Å². The first-order valence-corrected chi connectivity index (χ1v) is 5.03. The summed E-state index contributed by atoms with van der Waals surface area (Å²) in [4.78, 5) is 0. The third-order valence-corrected chi connectivity index (χ3v) is 2.59. The van der Waals surface area contributed by atoms with Gasteiger partial charge >= 0.3 is 0 Å². The van der Waals surface area contributed by atoms with E-state index in [1.165, 1.54) is 39.0 Å². The molecule has 1 heteroatoms. The van der Waals surface area contributed by atoms with E-state index in [9.17, 15) is 0 Å². The average Bonchev–Trinajstić information content (AvgIpc) is 2.07. The van der Waals surface area contributed by atoms with E-state index in [1.54, 1.807) is 6.07 Å². The van der Waals surface area contributed by atoms with Crippen molar-refractivity contribution in [2.45, 2.75) is 52.9 Å². The van der Waals surface area contributed by atoms with Crippen LogP contribution in [0.5, 0.6) is 0 Å². The van der Waals surface area contributed by atoms with Gasteiger partial charge in [0.05, 0.1) is 6.07 Å². The quantitative estimate of drug-likeness (QED) is 0.583. The van der Waals surface area contributed by atoms with Gasteiger partial charge in [-0.15, -0.1) is 0 Å². The molecule has 0 heterocycles. The fourth-order valence-electron chi connectivity index (χ4n) is 1.80. The van der Waals surface area contributed by atoms with Gasteiger partial charge in [0, 0.05) is 6.92 Å². The van der Waals surface area contributed by atoms with E-state index in [1.807, 2.05) is 0 Å². The number of nitrogens with zero attached hydrogens (tertiary/aromatic N) is 1. The van der Waals surface area contributed by atoms with Gasteiger partial charge in [0.2, 0.25) is 0 Å². The predicted octanol–water partition coefficient (Wildman–Crippen LogP) is 3.75. The maximum atomic E-state index is 7.32. The number of hydrogen-bond acceptors (Lipinski definition) is 1. The smallest absolute Gasteiger partial charge is 0.0587 e. The summed E-state index contributed by atoms with van der Waals surface area (Å²) in [6.07, 6.45) is 7.46. The third kappa shape index (κ3) is 5.18. The van der Waals surface area contributed by atoms with Crippen molar-refractivity contribution in [1.29, 1.82) is 5.26 Å². The van der Waals surface area contributed by atoms with Crippen molar-refractivity contribution in [3.05, 3.63) is 0 Å². The van der Waals surface area contributed by atoms with Crippen molar-refractivity contribution >= 4 is 0 Å². The number of hydrogen-bond donors (Lipinski definition) is 0. The average molecular weight is 167 g/mol. The van der Waals surface area contributed by atoms with Gasteiger partial charge in [-0.1, -0.05) is 46.0 Å². The minimum atomic E-state index is 0.935. The molecule has 1 saturated carbocycles. The molecule has 0 saturated heterocycles. The van der Waals surface area contributed by atoms with Crippen LogP contribution in [0.25, 0.3) is 0 Å². The van der Waals surface area contributed by atoms with E-state index in [0.717, 1.165) is 11.8 Å². The molecule has 1 rings (SSSR count). The first kappa shape index (κ1) is 11.5. The van der Waals surface area contributed by atoms with Crippen LogP contribution in [0.4, 0.5) is 0 Å². The van der Waals surface area contributed by atoms with Crippen LogP contribution in [-0.4, -0.2) is 0 Å². The molecular weight excluding hydrogens is 146 g/mol. The predicted molar refractivity (Wildman–Crippen MR) is 52.7 cm³/mol. The Morgan fingerprint density at radius 2 is 1.58 bits per heavy atom. The maximum absolute atomic E-state index is 7.32. The van der Waals surface area contributed by atoms with Crippen LogP contribution in [0.1, 0.15) is 52.9 Å². The summed E-state index contributed by atoms with van der Waals surface area (Å²) in [5.41, 5.74) is 0. The van der Waals surface area contributed by atoms with Crippen molar-refractivity contribution in [3.8, 4) is 6.07 Å². The summed E-state index contributed by atoms with van der Waals surface area (Å²) in [6.45, 7) is 6.14. The van der Waals surface area contributed by atoms with E-state index in [0.29, 0.717) is 0 Å².